The number of para-hydroxylation sites is 1. The van der Waals surface area contributed by atoms with E-state index in [0.29, 0.717) is 0 Å². The fourth-order valence-corrected chi connectivity index (χ4v) is 10.3. The molecule has 0 fully saturated rings. The average molecular weight is 568 g/mol. The van der Waals surface area contributed by atoms with Crippen molar-refractivity contribution >= 4 is 55.6 Å². The van der Waals surface area contributed by atoms with Gasteiger partial charge < -0.3 is 9.13 Å². The number of fused-ring (bicyclic) bond motifs is 8. The Labute approximate surface area is 249 Å². The van der Waals surface area contributed by atoms with E-state index in [1.165, 1.54) is 21.9 Å². The van der Waals surface area contributed by atoms with E-state index in [-0.39, 0.29) is 0 Å². The molecule has 3 heteroatoms. The topological polar surface area (TPSA) is 22.0 Å². The van der Waals surface area contributed by atoms with Crippen LogP contribution in [0.3, 0.4) is 0 Å². The van der Waals surface area contributed by atoms with Gasteiger partial charge in [0.25, 0.3) is 0 Å². The fraction of sp³-hybridized carbons (Fsp3) is 0. The second-order valence-electron chi connectivity index (χ2n) is 11.3. The Balaban J connectivity index is 1.36. The van der Waals surface area contributed by atoms with Crippen LogP contribution in [0.25, 0.3) is 60.5 Å². The standard InChI is InChI=1S/C40H26NOP/c42-43(31-14-5-2-6-15-31)39-26-38-35(25-36(39)34-24-21-29-13-7-8-16-32(29)40(34)43)33-17-9-10-18-37(33)41(38)30-22-19-28(20-23-30)27-11-3-1-4-12-27/h1-26H. The van der Waals surface area contributed by atoms with Crippen molar-refractivity contribution in [1.29, 1.82) is 0 Å². The van der Waals surface area contributed by atoms with Crippen molar-refractivity contribution in [2.24, 2.45) is 0 Å². The quantitative estimate of drug-likeness (QED) is 0.195. The number of hydrogen-bond donors (Lipinski definition) is 0. The first-order chi connectivity index (χ1) is 21.2. The number of hydrogen-bond acceptors (Lipinski definition) is 1. The SMILES string of the molecule is O=P1(c2ccccc2)c2cc3c(cc2-c2ccc4ccccc4c21)c1ccccc1n3-c1ccc(-c2ccccc2)cc1. The molecule has 0 saturated heterocycles. The molecule has 0 saturated carbocycles. The first-order valence-corrected chi connectivity index (χ1v) is 16.3. The maximum Gasteiger partial charge on any atom is 0.172 e. The zero-order valence-electron chi connectivity index (χ0n) is 23.3. The van der Waals surface area contributed by atoms with Crippen LogP contribution in [0.15, 0.2) is 158 Å². The highest BCUT2D eigenvalue weighted by molar-refractivity contribution is 7.86. The molecule has 1 aromatic heterocycles. The van der Waals surface area contributed by atoms with Crippen molar-refractivity contribution in [1.82, 2.24) is 4.57 Å². The van der Waals surface area contributed by atoms with Crippen LogP contribution in [-0.2, 0) is 4.57 Å². The third-order valence-corrected chi connectivity index (χ3v) is 12.2. The van der Waals surface area contributed by atoms with Gasteiger partial charge in [0.2, 0.25) is 0 Å². The molecular weight excluding hydrogens is 541 g/mol. The van der Waals surface area contributed by atoms with Crippen LogP contribution < -0.4 is 15.9 Å². The van der Waals surface area contributed by atoms with Gasteiger partial charge in [-0.1, -0.05) is 127 Å². The summed E-state index contributed by atoms with van der Waals surface area (Å²) in [6.07, 6.45) is 0. The van der Waals surface area contributed by atoms with Crippen molar-refractivity contribution in [3.63, 3.8) is 0 Å². The van der Waals surface area contributed by atoms with Crippen LogP contribution in [0.5, 0.6) is 0 Å². The van der Waals surface area contributed by atoms with Crippen molar-refractivity contribution in [2.75, 3.05) is 0 Å². The molecule has 0 radical (unpaired) electrons. The molecule has 0 aliphatic carbocycles. The molecule has 1 aliphatic heterocycles. The third kappa shape index (κ3) is 3.45. The second-order valence-corrected chi connectivity index (χ2v) is 13.9. The highest BCUT2D eigenvalue weighted by Crippen LogP contribution is 2.55. The third-order valence-electron chi connectivity index (χ3n) is 8.99. The lowest BCUT2D eigenvalue weighted by Gasteiger charge is -2.18. The number of rotatable bonds is 3. The Morgan fingerprint density at radius 3 is 1.91 bits per heavy atom. The lowest BCUT2D eigenvalue weighted by atomic mass is 9.99. The van der Waals surface area contributed by atoms with Crippen LogP contribution in [0.4, 0.5) is 0 Å². The van der Waals surface area contributed by atoms with E-state index in [4.69, 9.17) is 0 Å². The summed E-state index contributed by atoms with van der Waals surface area (Å²) in [6, 6.07) is 55.1. The van der Waals surface area contributed by atoms with Crippen LogP contribution >= 0.6 is 7.14 Å². The normalized spacial score (nSPS) is 15.6. The van der Waals surface area contributed by atoms with Crippen molar-refractivity contribution < 1.29 is 4.57 Å². The van der Waals surface area contributed by atoms with E-state index in [9.17, 15) is 0 Å². The summed E-state index contributed by atoms with van der Waals surface area (Å²) >= 11 is 0. The molecule has 1 aliphatic rings. The molecule has 0 N–H and O–H groups in total. The predicted octanol–water partition coefficient (Wildman–Crippen LogP) is 9.22. The van der Waals surface area contributed by atoms with E-state index in [1.807, 2.05) is 36.4 Å². The largest absolute Gasteiger partial charge is 0.309 e. The van der Waals surface area contributed by atoms with Gasteiger partial charge in [0.05, 0.1) is 11.0 Å². The summed E-state index contributed by atoms with van der Waals surface area (Å²) in [4.78, 5) is 0. The Bertz CT molecular complexity index is 2400. The minimum absolute atomic E-state index is 0.876. The molecule has 2 nitrogen and oxygen atoms in total. The van der Waals surface area contributed by atoms with Gasteiger partial charge in [-0.05, 0) is 63.4 Å². The van der Waals surface area contributed by atoms with Gasteiger partial charge >= 0.3 is 0 Å². The van der Waals surface area contributed by atoms with Gasteiger partial charge in [0.15, 0.2) is 7.14 Å². The maximum absolute atomic E-state index is 15.8. The van der Waals surface area contributed by atoms with E-state index in [0.717, 1.165) is 54.5 Å². The number of nitrogens with zero attached hydrogens (tertiary/aromatic N) is 1. The van der Waals surface area contributed by atoms with E-state index in [2.05, 4.69) is 126 Å². The monoisotopic (exact) mass is 567 g/mol. The molecular formula is C40H26NOP. The maximum atomic E-state index is 15.8. The predicted molar refractivity (Wildman–Crippen MR) is 182 cm³/mol. The molecule has 0 spiro atoms. The average Bonchev–Trinajstić information content (AvgIpc) is 3.54. The van der Waals surface area contributed by atoms with Gasteiger partial charge in [-0.3, -0.25) is 0 Å². The first-order valence-electron chi connectivity index (χ1n) is 14.6. The van der Waals surface area contributed by atoms with E-state index < -0.39 is 7.14 Å². The van der Waals surface area contributed by atoms with Gasteiger partial charge in [0.1, 0.15) is 0 Å². The van der Waals surface area contributed by atoms with Crippen LogP contribution in [0, 0.1) is 0 Å². The lowest BCUT2D eigenvalue weighted by Crippen LogP contribution is -2.21. The first kappa shape index (κ1) is 24.4. The van der Waals surface area contributed by atoms with Gasteiger partial charge in [-0.25, -0.2) is 0 Å². The van der Waals surface area contributed by atoms with Crippen LogP contribution in [-0.4, -0.2) is 4.57 Å². The Kier molecular flexibility index (Phi) is 5.21. The molecule has 2 heterocycles. The fourth-order valence-electron chi connectivity index (χ4n) is 7.03. The lowest BCUT2D eigenvalue weighted by molar-refractivity contribution is 0.593. The molecule has 43 heavy (non-hydrogen) atoms. The highest BCUT2D eigenvalue weighted by Gasteiger charge is 2.42. The van der Waals surface area contributed by atoms with Crippen LogP contribution in [0.2, 0.25) is 0 Å². The number of aromatic nitrogens is 1. The molecule has 8 aromatic rings. The summed E-state index contributed by atoms with van der Waals surface area (Å²) in [7, 11) is -3.17. The number of benzene rings is 7. The summed E-state index contributed by atoms with van der Waals surface area (Å²) in [5, 5.41) is 7.30. The molecule has 7 aromatic carbocycles. The van der Waals surface area contributed by atoms with Gasteiger partial charge in [-0.15, -0.1) is 0 Å². The molecule has 202 valence electrons. The minimum Gasteiger partial charge on any atom is -0.309 e. The highest BCUT2D eigenvalue weighted by atomic mass is 31.2. The van der Waals surface area contributed by atoms with Crippen molar-refractivity contribution in [3.8, 4) is 27.9 Å². The Morgan fingerprint density at radius 1 is 0.465 bits per heavy atom. The zero-order valence-corrected chi connectivity index (χ0v) is 24.2. The Morgan fingerprint density at radius 2 is 1.12 bits per heavy atom. The molecule has 1 unspecified atom stereocenters. The van der Waals surface area contributed by atoms with Gasteiger partial charge in [0, 0.05) is 32.4 Å². The van der Waals surface area contributed by atoms with Crippen LogP contribution in [0.1, 0.15) is 0 Å². The molecule has 0 bridgehead atoms. The van der Waals surface area contributed by atoms with Crippen molar-refractivity contribution in [2.45, 2.75) is 0 Å². The van der Waals surface area contributed by atoms with Crippen molar-refractivity contribution in [3.05, 3.63) is 158 Å². The smallest absolute Gasteiger partial charge is 0.172 e. The molecule has 9 rings (SSSR count). The van der Waals surface area contributed by atoms with Gasteiger partial charge in [-0.2, -0.15) is 0 Å². The molecule has 1 atom stereocenters. The summed E-state index contributed by atoms with van der Waals surface area (Å²) in [6.45, 7) is 0. The van der Waals surface area contributed by atoms with E-state index >= 15 is 4.57 Å². The zero-order chi connectivity index (χ0) is 28.5. The Hall–Kier alpha value is -5.17. The summed E-state index contributed by atoms with van der Waals surface area (Å²) in [5.74, 6) is 0. The minimum atomic E-state index is -3.17. The second kappa shape index (κ2) is 9.16. The summed E-state index contributed by atoms with van der Waals surface area (Å²) < 4.78 is 18.1. The van der Waals surface area contributed by atoms with E-state index in [1.54, 1.807) is 0 Å². The summed E-state index contributed by atoms with van der Waals surface area (Å²) in [5.41, 5.74) is 7.82. The molecule has 0 amide bonds.